The lowest BCUT2D eigenvalue weighted by Gasteiger charge is -2.09. The number of rotatable bonds is 4. The molecule has 2 aromatic heterocycles. The summed E-state index contributed by atoms with van der Waals surface area (Å²) < 4.78 is 27.9. The molecule has 2 heterocycles. The largest absolute Gasteiger partial charge is 0.494 e. The van der Waals surface area contributed by atoms with Crippen LogP contribution in [-0.4, -0.2) is 28.2 Å². The average Bonchev–Trinajstić information content (AvgIpc) is 3.09. The summed E-state index contributed by atoms with van der Waals surface area (Å²) >= 11 is 1.18. The molecule has 0 spiro atoms. The number of thiazole rings is 1. The van der Waals surface area contributed by atoms with E-state index in [9.17, 15) is 18.6 Å². The van der Waals surface area contributed by atoms with Crippen LogP contribution in [-0.2, 0) is 10.0 Å². The van der Waals surface area contributed by atoms with E-state index in [1.54, 1.807) is 5.38 Å². The monoisotopic (exact) mass is 337 g/mol. The summed E-state index contributed by atoms with van der Waals surface area (Å²) in [5.41, 5.74) is 0.438. The van der Waals surface area contributed by atoms with Crippen LogP contribution in [0.3, 0.4) is 0 Å². The van der Waals surface area contributed by atoms with Crippen molar-refractivity contribution in [3.8, 4) is 17.4 Å². The van der Waals surface area contributed by atoms with E-state index in [2.05, 4.69) is 9.71 Å². The summed E-state index contributed by atoms with van der Waals surface area (Å²) in [6.07, 6.45) is 1.50. The third kappa shape index (κ3) is 2.63. The van der Waals surface area contributed by atoms with Crippen molar-refractivity contribution >= 4 is 26.5 Å². The van der Waals surface area contributed by atoms with Gasteiger partial charge >= 0.3 is 0 Å². The molecule has 0 amide bonds. The van der Waals surface area contributed by atoms with Crippen molar-refractivity contribution in [1.29, 1.82) is 0 Å². The predicted molar refractivity (Wildman–Crippen MR) is 82.0 cm³/mol. The number of benzene rings is 1. The van der Waals surface area contributed by atoms with Crippen molar-refractivity contribution in [2.75, 3.05) is 4.72 Å². The number of anilines is 1. The molecule has 0 atom stereocenters. The van der Waals surface area contributed by atoms with Crippen molar-refractivity contribution in [3.63, 3.8) is 0 Å². The number of nitrogens with zero attached hydrogens (tertiary/aromatic N) is 2. The number of hydrogen-bond donors (Lipinski definition) is 3. The number of sulfonamides is 1. The molecule has 3 N–H and O–H groups in total. The summed E-state index contributed by atoms with van der Waals surface area (Å²) in [5, 5.41) is 21.2. The molecule has 0 bridgehead atoms. The number of nitrogens with one attached hydrogen (secondary N) is 1. The Labute approximate surface area is 130 Å². The van der Waals surface area contributed by atoms with E-state index < -0.39 is 10.0 Å². The summed E-state index contributed by atoms with van der Waals surface area (Å²) in [4.78, 5) is 3.92. The van der Waals surface area contributed by atoms with Crippen LogP contribution >= 0.6 is 11.3 Å². The fourth-order valence-corrected chi connectivity index (χ4v) is 3.69. The van der Waals surface area contributed by atoms with E-state index >= 15 is 0 Å². The lowest BCUT2D eigenvalue weighted by molar-refractivity contribution is 0.402. The molecular formula is C13H11N3O4S2. The van der Waals surface area contributed by atoms with Crippen LogP contribution in [0.1, 0.15) is 0 Å². The standard InChI is InChI=1S/C13H11N3O4S2/c17-11-5-6-12(18)16(11)9-1-3-10(4-2-9)22(19,20)15-13-14-7-8-21-13/h1-8,17-18H,(H,14,15). The Kier molecular flexibility index (Phi) is 3.51. The molecule has 9 heteroatoms. The highest BCUT2D eigenvalue weighted by molar-refractivity contribution is 7.93. The normalized spacial score (nSPS) is 11.5. The van der Waals surface area contributed by atoms with E-state index in [4.69, 9.17) is 0 Å². The van der Waals surface area contributed by atoms with Gasteiger partial charge in [-0.25, -0.2) is 13.4 Å². The molecule has 0 saturated carbocycles. The first-order valence-electron chi connectivity index (χ1n) is 6.10. The van der Waals surface area contributed by atoms with Gasteiger partial charge in [0.1, 0.15) is 0 Å². The van der Waals surface area contributed by atoms with Crippen LogP contribution in [0.5, 0.6) is 11.8 Å². The van der Waals surface area contributed by atoms with E-state index in [-0.39, 0.29) is 21.8 Å². The Balaban J connectivity index is 1.91. The molecule has 114 valence electrons. The maximum absolute atomic E-state index is 12.2. The Morgan fingerprint density at radius 1 is 1.05 bits per heavy atom. The second-order valence-corrected chi connectivity index (χ2v) is 6.90. The van der Waals surface area contributed by atoms with E-state index in [0.29, 0.717) is 5.69 Å². The first-order chi connectivity index (χ1) is 10.5. The lowest BCUT2D eigenvalue weighted by atomic mass is 10.3. The van der Waals surface area contributed by atoms with Gasteiger partial charge < -0.3 is 10.2 Å². The van der Waals surface area contributed by atoms with Crippen molar-refractivity contribution in [1.82, 2.24) is 9.55 Å². The molecule has 0 fully saturated rings. The molecular weight excluding hydrogens is 326 g/mol. The average molecular weight is 337 g/mol. The molecule has 0 saturated heterocycles. The second-order valence-electron chi connectivity index (χ2n) is 4.32. The molecule has 7 nitrogen and oxygen atoms in total. The van der Waals surface area contributed by atoms with Crippen LogP contribution < -0.4 is 4.72 Å². The van der Waals surface area contributed by atoms with Crippen molar-refractivity contribution < 1.29 is 18.6 Å². The maximum Gasteiger partial charge on any atom is 0.263 e. The van der Waals surface area contributed by atoms with Gasteiger partial charge in [-0.05, 0) is 24.3 Å². The smallest absolute Gasteiger partial charge is 0.263 e. The fourth-order valence-electron chi connectivity index (χ4n) is 1.90. The van der Waals surface area contributed by atoms with Gasteiger partial charge in [-0.3, -0.25) is 9.29 Å². The van der Waals surface area contributed by atoms with Gasteiger partial charge in [0, 0.05) is 23.7 Å². The highest BCUT2D eigenvalue weighted by Crippen LogP contribution is 2.27. The molecule has 22 heavy (non-hydrogen) atoms. The van der Waals surface area contributed by atoms with Gasteiger partial charge in [0.05, 0.1) is 10.6 Å². The van der Waals surface area contributed by atoms with Crippen molar-refractivity contribution in [3.05, 3.63) is 48.0 Å². The van der Waals surface area contributed by atoms with Crippen LogP contribution in [0.15, 0.2) is 52.9 Å². The summed E-state index contributed by atoms with van der Waals surface area (Å²) in [7, 11) is -3.73. The van der Waals surface area contributed by atoms with Gasteiger partial charge in [-0.15, -0.1) is 11.3 Å². The van der Waals surface area contributed by atoms with Crippen LogP contribution in [0.4, 0.5) is 5.13 Å². The first kappa shape index (κ1) is 14.4. The topological polar surface area (TPSA) is 104 Å². The van der Waals surface area contributed by atoms with Gasteiger partial charge in [0.2, 0.25) is 0 Å². The Morgan fingerprint density at radius 3 is 2.23 bits per heavy atom. The Bertz CT molecular complexity index is 865. The molecule has 0 aliphatic carbocycles. The zero-order valence-electron chi connectivity index (χ0n) is 11.0. The number of hydrogen-bond acceptors (Lipinski definition) is 6. The minimum Gasteiger partial charge on any atom is -0.494 e. The van der Waals surface area contributed by atoms with Crippen LogP contribution in [0.25, 0.3) is 5.69 Å². The third-order valence-corrected chi connectivity index (χ3v) is 5.07. The SMILES string of the molecule is O=S(=O)(Nc1nccs1)c1ccc(-n2c(O)ccc2O)cc1. The van der Waals surface area contributed by atoms with Crippen LogP contribution in [0, 0.1) is 0 Å². The van der Waals surface area contributed by atoms with Crippen molar-refractivity contribution in [2.45, 2.75) is 4.90 Å². The minimum absolute atomic E-state index is 0.0533. The molecule has 0 aliphatic heterocycles. The molecule has 1 aromatic carbocycles. The predicted octanol–water partition coefficient (Wildman–Crippen LogP) is 2.15. The zero-order chi connectivity index (χ0) is 15.7. The van der Waals surface area contributed by atoms with Gasteiger partial charge in [-0.2, -0.15) is 0 Å². The van der Waals surface area contributed by atoms with E-state index in [1.807, 2.05) is 0 Å². The first-order valence-corrected chi connectivity index (χ1v) is 8.46. The summed E-state index contributed by atoms with van der Waals surface area (Å²) in [6, 6.07) is 8.40. The molecule has 3 rings (SSSR count). The quantitative estimate of drug-likeness (QED) is 0.676. The molecule has 0 unspecified atom stereocenters. The fraction of sp³-hybridized carbons (Fsp3) is 0. The number of aromatic nitrogens is 2. The van der Waals surface area contributed by atoms with Gasteiger partial charge in [-0.1, -0.05) is 0 Å². The summed E-state index contributed by atoms with van der Waals surface area (Å²) in [5.74, 6) is -0.289. The summed E-state index contributed by atoms with van der Waals surface area (Å²) in [6.45, 7) is 0. The molecule has 0 aliphatic rings. The van der Waals surface area contributed by atoms with E-state index in [0.717, 1.165) is 0 Å². The highest BCUT2D eigenvalue weighted by atomic mass is 32.2. The highest BCUT2D eigenvalue weighted by Gasteiger charge is 2.16. The van der Waals surface area contributed by atoms with E-state index in [1.165, 1.54) is 58.5 Å². The van der Waals surface area contributed by atoms with Gasteiger partial charge in [0.25, 0.3) is 10.0 Å². The van der Waals surface area contributed by atoms with Gasteiger partial charge in [0.15, 0.2) is 16.9 Å². The van der Waals surface area contributed by atoms with Crippen molar-refractivity contribution in [2.24, 2.45) is 0 Å². The Morgan fingerprint density at radius 2 is 1.68 bits per heavy atom. The zero-order valence-corrected chi connectivity index (χ0v) is 12.7. The molecule has 3 aromatic rings. The maximum atomic E-state index is 12.2. The second kappa shape index (κ2) is 5.35. The third-order valence-electron chi connectivity index (χ3n) is 2.90. The molecule has 0 radical (unpaired) electrons. The van der Waals surface area contributed by atoms with Crippen LogP contribution in [0.2, 0.25) is 0 Å². The number of aromatic hydroxyl groups is 2. The minimum atomic E-state index is -3.73. The lowest BCUT2D eigenvalue weighted by Crippen LogP contribution is -2.12. The Hall–Kier alpha value is -2.52.